The normalized spacial score (nSPS) is 10.0. The van der Waals surface area contributed by atoms with E-state index in [0.717, 1.165) is 31.0 Å². The molecule has 0 amide bonds. The van der Waals surface area contributed by atoms with E-state index in [-0.39, 0.29) is 0 Å². The molecule has 0 radical (unpaired) electrons. The van der Waals surface area contributed by atoms with Gasteiger partial charge in [-0.2, -0.15) is 0 Å². The van der Waals surface area contributed by atoms with Crippen LogP contribution in [-0.4, -0.2) is 16.1 Å². The van der Waals surface area contributed by atoms with E-state index in [1.807, 2.05) is 38.2 Å². The number of rotatable bonds is 5. The molecule has 0 saturated heterocycles. The van der Waals surface area contributed by atoms with Crippen LogP contribution in [0.5, 0.6) is 0 Å². The number of aryl methyl sites for hydroxylation is 1. The second-order valence-electron chi connectivity index (χ2n) is 4.32. The summed E-state index contributed by atoms with van der Waals surface area (Å²) in [6, 6.07) is 10.3. The first-order valence-corrected chi connectivity index (χ1v) is 6.52. The van der Waals surface area contributed by atoms with Gasteiger partial charge in [-0.25, -0.2) is 4.98 Å². The second-order valence-corrected chi connectivity index (χ2v) is 4.32. The molecule has 1 N–H and O–H groups in total. The minimum atomic E-state index is 0.807. The number of aromatic nitrogens is 2. The fourth-order valence-corrected chi connectivity index (χ4v) is 2.04. The van der Waals surface area contributed by atoms with E-state index < -0.39 is 0 Å². The zero-order chi connectivity index (χ0) is 13.5. The summed E-state index contributed by atoms with van der Waals surface area (Å²) in [5, 5.41) is 3.40. The number of hydrogen-bond acceptors (Lipinski definition) is 2. The van der Waals surface area contributed by atoms with Crippen molar-refractivity contribution in [2.45, 2.75) is 26.8 Å². The molecule has 1 aromatic heterocycles. The lowest BCUT2D eigenvalue weighted by Gasteiger charge is -2.10. The van der Waals surface area contributed by atoms with E-state index in [9.17, 15) is 0 Å². The number of nitrogens with one attached hydrogen (secondary N) is 1. The van der Waals surface area contributed by atoms with E-state index in [2.05, 4.69) is 38.8 Å². The second kappa shape index (κ2) is 6.77. The quantitative estimate of drug-likeness (QED) is 0.656. The fraction of sp³-hybridized carbons (Fsp3) is 0.312. The smallest absolute Gasteiger partial charge is 0.110 e. The summed E-state index contributed by atoms with van der Waals surface area (Å²) in [7, 11) is 0. The molecule has 1 heterocycles. The summed E-state index contributed by atoms with van der Waals surface area (Å²) in [4.78, 5) is 4.40. The summed E-state index contributed by atoms with van der Waals surface area (Å²) < 4.78 is 2.18. The lowest BCUT2D eigenvalue weighted by atomic mass is 10.3. The molecule has 3 nitrogen and oxygen atoms in total. The zero-order valence-corrected chi connectivity index (χ0v) is 11.5. The van der Waals surface area contributed by atoms with Gasteiger partial charge in [-0.3, -0.25) is 4.57 Å². The maximum Gasteiger partial charge on any atom is 0.110 e. The molecule has 19 heavy (non-hydrogen) atoms. The highest BCUT2D eigenvalue weighted by Gasteiger charge is 2.07. The topological polar surface area (TPSA) is 29.9 Å². The Bertz CT molecular complexity index is 573. The van der Waals surface area contributed by atoms with E-state index >= 15 is 0 Å². The highest BCUT2D eigenvalue weighted by molar-refractivity contribution is 5.35. The van der Waals surface area contributed by atoms with Gasteiger partial charge in [-0.1, -0.05) is 18.2 Å². The molecule has 2 rings (SSSR count). The molecule has 0 fully saturated rings. The molecule has 3 heteroatoms. The maximum atomic E-state index is 4.40. The molecule has 0 aliphatic rings. The van der Waals surface area contributed by atoms with Crippen LogP contribution >= 0.6 is 0 Å². The van der Waals surface area contributed by atoms with Gasteiger partial charge in [0, 0.05) is 25.2 Å². The summed E-state index contributed by atoms with van der Waals surface area (Å²) in [5.74, 6) is 6.96. The minimum absolute atomic E-state index is 0.807. The standard InChI is InChI=1S/C16H19N3/c1-3-4-8-11-17-12-16-13-18-14(2)19(16)15-9-6-5-7-10-15/h5-7,9-10,13,17H,8,11-12H2,1-2H3. The average molecular weight is 253 g/mol. The van der Waals surface area contributed by atoms with Crippen molar-refractivity contribution in [1.29, 1.82) is 0 Å². The van der Waals surface area contributed by atoms with Crippen LogP contribution in [0.4, 0.5) is 0 Å². The van der Waals surface area contributed by atoms with Gasteiger partial charge in [0.2, 0.25) is 0 Å². The van der Waals surface area contributed by atoms with Crippen LogP contribution in [0.15, 0.2) is 36.5 Å². The van der Waals surface area contributed by atoms with Crippen molar-refractivity contribution >= 4 is 0 Å². The predicted octanol–water partition coefficient (Wildman–Crippen LogP) is 2.68. The highest BCUT2D eigenvalue weighted by Crippen LogP contribution is 2.14. The molecule has 0 aliphatic carbocycles. The maximum absolute atomic E-state index is 4.40. The molecule has 0 saturated carbocycles. The summed E-state index contributed by atoms with van der Waals surface area (Å²) >= 11 is 0. The van der Waals surface area contributed by atoms with Crippen molar-refractivity contribution in [3.63, 3.8) is 0 Å². The van der Waals surface area contributed by atoms with Crippen LogP contribution in [0, 0.1) is 18.8 Å². The van der Waals surface area contributed by atoms with Crippen molar-refractivity contribution in [2.75, 3.05) is 6.54 Å². The van der Waals surface area contributed by atoms with Crippen molar-refractivity contribution in [3.8, 4) is 17.5 Å². The first-order chi connectivity index (χ1) is 9.33. The Kier molecular flexibility index (Phi) is 4.77. The van der Waals surface area contributed by atoms with E-state index in [4.69, 9.17) is 0 Å². The molecule has 98 valence electrons. The van der Waals surface area contributed by atoms with Gasteiger partial charge in [0.05, 0.1) is 11.9 Å². The fourth-order valence-electron chi connectivity index (χ4n) is 2.04. The van der Waals surface area contributed by atoms with E-state index in [1.165, 1.54) is 5.69 Å². The number of nitrogens with zero attached hydrogens (tertiary/aromatic N) is 2. The van der Waals surface area contributed by atoms with Gasteiger partial charge in [-0.15, -0.1) is 11.8 Å². The average Bonchev–Trinajstić information content (AvgIpc) is 2.81. The van der Waals surface area contributed by atoms with Crippen LogP contribution in [-0.2, 0) is 6.54 Å². The highest BCUT2D eigenvalue weighted by atomic mass is 15.1. The van der Waals surface area contributed by atoms with Gasteiger partial charge in [0.1, 0.15) is 5.82 Å². The molecular weight excluding hydrogens is 234 g/mol. The Hall–Kier alpha value is -2.05. The molecule has 0 atom stereocenters. The molecule has 2 aromatic rings. The van der Waals surface area contributed by atoms with Gasteiger partial charge in [-0.05, 0) is 26.0 Å². The lowest BCUT2D eigenvalue weighted by molar-refractivity contribution is 0.675. The largest absolute Gasteiger partial charge is 0.310 e. The molecule has 1 aromatic carbocycles. The number of para-hydroxylation sites is 1. The zero-order valence-electron chi connectivity index (χ0n) is 11.5. The van der Waals surface area contributed by atoms with E-state index in [1.54, 1.807) is 0 Å². The summed E-state index contributed by atoms with van der Waals surface area (Å²) in [6.07, 6.45) is 2.82. The number of imidazole rings is 1. The molecule has 0 spiro atoms. The van der Waals surface area contributed by atoms with Gasteiger partial charge in [0.15, 0.2) is 0 Å². The van der Waals surface area contributed by atoms with Crippen molar-refractivity contribution in [2.24, 2.45) is 0 Å². The lowest BCUT2D eigenvalue weighted by Crippen LogP contribution is -2.17. The Labute approximate surface area is 114 Å². The minimum Gasteiger partial charge on any atom is -0.310 e. The summed E-state index contributed by atoms with van der Waals surface area (Å²) in [6.45, 7) is 5.61. The summed E-state index contributed by atoms with van der Waals surface area (Å²) in [5.41, 5.74) is 2.33. The Balaban J connectivity index is 2.07. The number of hydrogen-bond donors (Lipinski definition) is 1. The third kappa shape index (κ3) is 3.46. The molecular formula is C16H19N3. The van der Waals surface area contributed by atoms with Gasteiger partial charge >= 0.3 is 0 Å². The third-order valence-electron chi connectivity index (χ3n) is 2.94. The van der Waals surface area contributed by atoms with Crippen LogP contribution in [0.25, 0.3) is 5.69 Å². The monoisotopic (exact) mass is 253 g/mol. The SMILES string of the molecule is CC#CCCNCc1cnc(C)n1-c1ccccc1. The van der Waals surface area contributed by atoms with Crippen molar-refractivity contribution in [3.05, 3.63) is 48.0 Å². The van der Waals surface area contributed by atoms with Crippen LogP contribution in [0.3, 0.4) is 0 Å². The van der Waals surface area contributed by atoms with Crippen LogP contribution < -0.4 is 5.32 Å². The van der Waals surface area contributed by atoms with Crippen LogP contribution in [0.2, 0.25) is 0 Å². The predicted molar refractivity (Wildman–Crippen MR) is 78.1 cm³/mol. The van der Waals surface area contributed by atoms with Crippen molar-refractivity contribution in [1.82, 2.24) is 14.9 Å². The van der Waals surface area contributed by atoms with Crippen molar-refractivity contribution < 1.29 is 0 Å². The molecule has 0 unspecified atom stereocenters. The van der Waals surface area contributed by atoms with Gasteiger partial charge in [0.25, 0.3) is 0 Å². The van der Waals surface area contributed by atoms with E-state index in [0.29, 0.717) is 0 Å². The first-order valence-electron chi connectivity index (χ1n) is 6.52. The molecule has 0 aliphatic heterocycles. The Morgan fingerprint density at radius 2 is 2.05 bits per heavy atom. The third-order valence-corrected chi connectivity index (χ3v) is 2.94. The Morgan fingerprint density at radius 3 is 2.79 bits per heavy atom. The van der Waals surface area contributed by atoms with Crippen LogP contribution in [0.1, 0.15) is 24.9 Å². The van der Waals surface area contributed by atoms with Gasteiger partial charge < -0.3 is 5.32 Å². The first kappa shape index (κ1) is 13.4. The Morgan fingerprint density at radius 1 is 1.26 bits per heavy atom. The molecule has 0 bridgehead atoms. The number of benzene rings is 1.